The third kappa shape index (κ3) is 3.27. The van der Waals surface area contributed by atoms with Crippen molar-refractivity contribution in [2.75, 3.05) is 0 Å². The highest BCUT2D eigenvalue weighted by Crippen LogP contribution is 2.24. The molecule has 0 amide bonds. The van der Waals surface area contributed by atoms with Crippen LogP contribution in [0.3, 0.4) is 0 Å². The smallest absolute Gasteiger partial charge is 0.184 e. The van der Waals surface area contributed by atoms with E-state index >= 15 is 0 Å². The van der Waals surface area contributed by atoms with E-state index in [0.717, 1.165) is 10.0 Å². The first-order valence-electron chi connectivity index (χ1n) is 5.98. The standard InChI is InChI=1S/C16H11BrClNO/c1-10-6-12(8-14(18)7-10)16(20)15(9-19)11-2-4-13(17)5-3-11/h2-8,15H,1H3. The van der Waals surface area contributed by atoms with Crippen LogP contribution in [0.4, 0.5) is 0 Å². The van der Waals surface area contributed by atoms with Crippen molar-refractivity contribution < 1.29 is 4.79 Å². The van der Waals surface area contributed by atoms with Gasteiger partial charge in [-0.25, -0.2) is 0 Å². The zero-order valence-corrected chi connectivity index (χ0v) is 13.1. The molecule has 0 aliphatic carbocycles. The highest BCUT2D eigenvalue weighted by molar-refractivity contribution is 9.10. The van der Waals surface area contributed by atoms with Gasteiger partial charge >= 0.3 is 0 Å². The molecule has 1 unspecified atom stereocenters. The first-order chi connectivity index (χ1) is 9.51. The summed E-state index contributed by atoms with van der Waals surface area (Å²) in [6.07, 6.45) is 0. The van der Waals surface area contributed by atoms with Crippen molar-refractivity contribution in [3.05, 3.63) is 68.7 Å². The molecule has 0 aliphatic rings. The number of ketones is 1. The average molecular weight is 349 g/mol. The molecule has 1 atom stereocenters. The van der Waals surface area contributed by atoms with Gasteiger partial charge in [0.25, 0.3) is 0 Å². The van der Waals surface area contributed by atoms with Crippen LogP contribution in [0.1, 0.15) is 27.4 Å². The first-order valence-corrected chi connectivity index (χ1v) is 7.15. The molecule has 2 rings (SSSR count). The van der Waals surface area contributed by atoms with Crippen LogP contribution in [-0.4, -0.2) is 5.78 Å². The summed E-state index contributed by atoms with van der Waals surface area (Å²) in [6, 6.07) is 14.4. The van der Waals surface area contributed by atoms with Crippen molar-refractivity contribution >= 4 is 33.3 Å². The number of carbonyl (C=O) groups excluding carboxylic acids is 1. The van der Waals surface area contributed by atoms with Crippen molar-refractivity contribution in [2.45, 2.75) is 12.8 Å². The van der Waals surface area contributed by atoms with E-state index in [1.165, 1.54) is 0 Å². The van der Waals surface area contributed by atoms with E-state index in [2.05, 4.69) is 22.0 Å². The van der Waals surface area contributed by atoms with E-state index in [4.69, 9.17) is 11.6 Å². The molecule has 0 aliphatic heterocycles. The Kier molecular flexibility index (Phi) is 4.59. The monoisotopic (exact) mass is 347 g/mol. The summed E-state index contributed by atoms with van der Waals surface area (Å²) in [5.74, 6) is -1.05. The van der Waals surface area contributed by atoms with Crippen molar-refractivity contribution in [2.24, 2.45) is 0 Å². The van der Waals surface area contributed by atoms with Crippen LogP contribution in [0.2, 0.25) is 5.02 Å². The van der Waals surface area contributed by atoms with Crippen molar-refractivity contribution in [1.29, 1.82) is 5.26 Å². The van der Waals surface area contributed by atoms with Gasteiger partial charge in [0, 0.05) is 15.1 Å². The Morgan fingerprint density at radius 3 is 2.45 bits per heavy atom. The van der Waals surface area contributed by atoms with Gasteiger partial charge in [0.2, 0.25) is 0 Å². The Morgan fingerprint density at radius 2 is 1.90 bits per heavy atom. The minimum absolute atomic E-state index is 0.236. The van der Waals surface area contributed by atoms with Gasteiger partial charge in [-0.3, -0.25) is 4.79 Å². The van der Waals surface area contributed by atoms with Crippen LogP contribution in [0, 0.1) is 18.3 Å². The molecule has 4 heteroatoms. The van der Waals surface area contributed by atoms with Crippen LogP contribution >= 0.6 is 27.5 Å². The molecule has 0 N–H and O–H groups in total. The fourth-order valence-corrected chi connectivity index (χ4v) is 2.54. The van der Waals surface area contributed by atoms with E-state index in [9.17, 15) is 10.1 Å². The number of nitriles is 1. The molecule has 100 valence electrons. The van der Waals surface area contributed by atoms with Gasteiger partial charge in [0.15, 0.2) is 5.78 Å². The Balaban J connectivity index is 2.39. The number of Topliss-reactive ketones (excluding diaryl/α,β-unsaturated/α-hetero) is 1. The number of aryl methyl sites for hydroxylation is 1. The second-order valence-corrected chi connectivity index (χ2v) is 5.85. The lowest BCUT2D eigenvalue weighted by molar-refractivity contribution is 0.0979. The second kappa shape index (κ2) is 6.21. The van der Waals surface area contributed by atoms with Crippen LogP contribution in [0.5, 0.6) is 0 Å². The Bertz CT molecular complexity index is 668. The lowest BCUT2D eigenvalue weighted by atomic mass is 9.91. The summed E-state index contributed by atoms with van der Waals surface area (Å²) in [6.45, 7) is 1.86. The largest absolute Gasteiger partial charge is 0.292 e. The third-order valence-electron chi connectivity index (χ3n) is 2.92. The lowest BCUT2D eigenvalue weighted by Crippen LogP contribution is -2.11. The van der Waals surface area contributed by atoms with E-state index in [1.54, 1.807) is 30.3 Å². The van der Waals surface area contributed by atoms with Gasteiger partial charge in [-0.05, 0) is 48.4 Å². The minimum atomic E-state index is -0.819. The molecule has 0 saturated heterocycles. The summed E-state index contributed by atoms with van der Waals surface area (Å²) >= 11 is 9.30. The van der Waals surface area contributed by atoms with E-state index < -0.39 is 5.92 Å². The minimum Gasteiger partial charge on any atom is -0.292 e. The highest BCUT2D eigenvalue weighted by Gasteiger charge is 2.22. The molecule has 0 radical (unpaired) electrons. The molecule has 0 bridgehead atoms. The van der Waals surface area contributed by atoms with Crippen molar-refractivity contribution in [3.63, 3.8) is 0 Å². The molecular formula is C16H11BrClNO. The van der Waals surface area contributed by atoms with Gasteiger partial charge < -0.3 is 0 Å². The average Bonchev–Trinajstić information content (AvgIpc) is 2.40. The number of nitrogens with zero attached hydrogens (tertiary/aromatic N) is 1. The number of hydrogen-bond donors (Lipinski definition) is 0. The number of benzene rings is 2. The molecule has 0 aromatic heterocycles. The van der Waals surface area contributed by atoms with Gasteiger partial charge in [-0.2, -0.15) is 5.26 Å². The molecule has 20 heavy (non-hydrogen) atoms. The summed E-state index contributed by atoms with van der Waals surface area (Å²) in [5, 5.41) is 9.80. The number of halogens is 2. The fourth-order valence-electron chi connectivity index (χ4n) is 1.99. The maximum atomic E-state index is 12.5. The topological polar surface area (TPSA) is 40.9 Å². The first kappa shape index (κ1) is 14.8. The van der Waals surface area contributed by atoms with Gasteiger partial charge in [-0.1, -0.05) is 39.7 Å². The maximum Gasteiger partial charge on any atom is 0.184 e. The van der Waals surface area contributed by atoms with Gasteiger partial charge in [0.05, 0.1) is 6.07 Å². The molecule has 0 fully saturated rings. The zero-order chi connectivity index (χ0) is 14.7. The molecule has 2 aromatic carbocycles. The molecule has 2 nitrogen and oxygen atoms in total. The molecular weight excluding hydrogens is 338 g/mol. The number of rotatable bonds is 3. The van der Waals surface area contributed by atoms with Crippen molar-refractivity contribution in [1.82, 2.24) is 0 Å². The van der Waals surface area contributed by atoms with Crippen LogP contribution in [-0.2, 0) is 0 Å². The second-order valence-electron chi connectivity index (χ2n) is 4.50. The normalized spacial score (nSPS) is 11.7. The van der Waals surface area contributed by atoms with E-state index in [0.29, 0.717) is 16.1 Å². The Morgan fingerprint density at radius 1 is 1.25 bits per heavy atom. The third-order valence-corrected chi connectivity index (χ3v) is 3.67. The molecule has 2 aromatic rings. The summed E-state index contributed by atoms with van der Waals surface area (Å²) in [5.41, 5.74) is 2.04. The quantitative estimate of drug-likeness (QED) is 0.740. The SMILES string of the molecule is Cc1cc(Cl)cc(C(=O)C(C#N)c2ccc(Br)cc2)c1. The Hall–Kier alpha value is -1.63. The van der Waals surface area contributed by atoms with Gasteiger partial charge in [-0.15, -0.1) is 0 Å². The molecule has 0 spiro atoms. The summed E-state index contributed by atoms with van der Waals surface area (Å²) in [4.78, 5) is 12.5. The van der Waals surface area contributed by atoms with Crippen molar-refractivity contribution in [3.8, 4) is 6.07 Å². The fraction of sp³-hybridized carbons (Fsp3) is 0.125. The van der Waals surface area contributed by atoms with Crippen LogP contribution in [0.25, 0.3) is 0 Å². The number of hydrogen-bond acceptors (Lipinski definition) is 2. The lowest BCUT2D eigenvalue weighted by Gasteiger charge is -2.10. The van der Waals surface area contributed by atoms with E-state index in [-0.39, 0.29) is 5.78 Å². The molecule has 0 heterocycles. The summed E-state index contributed by atoms with van der Waals surface area (Å²) < 4.78 is 0.906. The molecule has 0 saturated carbocycles. The van der Waals surface area contributed by atoms with E-state index in [1.807, 2.05) is 19.1 Å². The van der Waals surface area contributed by atoms with Crippen LogP contribution < -0.4 is 0 Å². The number of carbonyl (C=O) groups is 1. The zero-order valence-electron chi connectivity index (χ0n) is 10.7. The Labute approximate surface area is 131 Å². The van der Waals surface area contributed by atoms with Crippen LogP contribution in [0.15, 0.2) is 46.9 Å². The predicted octanol–water partition coefficient (Wildman–Crippen LogP) is 4.90. The predicted molar refractivity (Wildman–Crippen MR) is 83.0 cm³/mol. The maximum absolute atomic E-state index is 12.5. The summed E-state index contributed by atoms with van der Waals surface area (Å²) in [7, 11) is 0. The highest BCUT2D eigenvalue weighted by atomic mass is 79.9. The van der Waals surface area contributed by atoms with Gasteiger partial charge in [0.1, 0.15) is 5.92 Å².